The average Bonchev–Trinajstić information content (AvgIpc) is 3.10. The van der Waals surface area contributed by atoms with Crippen LogP contribution >= 0.6 is 0 Å². The Morgan fingerprint density at radius 1 is 0.448 bits per heavy atom. The molecule has 1 unspecified atom stereocenters. The van der Waals surface area contributed by atoms with Gasteiger partial charge in [0, 0.05) is 25.5 Å². The minimum Gasteiger partial charge on any atom is -0.356 e. The van der Waals surface area contributed by atoms with E-state index in [-0.39, 0.29) is 0 Å². The minimum absolute atomic E-state index is 0.638. The van der Waals surface area contributed by atoms with Gasteiger partial charge in [0.05, 0.1) is 0 Å². The summed E-state index contributed by atoms with van der Waals surface area (Å²) in [6, 6.07) is 0. The molecule has 0 spiro atoms. The van der Waals surface area contributed by atoms with E-state index in [9.17, 15) is 0 Å². The molecule has 1 aliphatic rings. The van der Waals surface area contributed by atoms with E-state index in [0.29, 0.717) is 6.17 Å². The summed E-state index contributed by atoms with van der Waals surface area (Å²) in [5.41, 5.74) is 0. The van der Waals surface area contributed by atoms with Gasteiger partial charge in [0.1, 0.15) is 6.17 Å². The molecule has 2 nitrogen and oxygen atoms in total. The maximum Gasteiger partial charge on any atom is 0.101 e. The second kappa shape index (κ2) is 19.3. The Morgan fingerprint density at radius 3 is 1.14 bits per heavy atom. The number of unbranched alkanes of at least 4 members (excludes halogenated alkanes) is 15. The normalized spacial score (nSPS) is 16.3. The van der Waals surface area contributed by atoms with Crippen LogP contribution in [-0.2, 0) is 0 Å². The van der Waals surface area contributed by atoms with Crippen molar-refractivity contribution >= 4 is 0 Å². The summed E-state index contributed by atoms with van der Waals surface area (Å²) in [6.07, 6.45) is 32.1. The Bertz CT molecular complexity index is 366. The molecule has 0 bridgehead atoms. The molecule has 0 fully saturated rings. The molecular formula is C27H54N2. The number of nitrogens with zero attached hydrogens (tertiary/aromatic N) is 2. The van der Waals surface area contributed by atoms with Crippen molar-refractivity contribution in [3.8, 4) is 0 Å². The third kappa shape index (κ3) is 13.3. The van der Waals surface area contributed by atoms with Gasteiger partial charge < -0.3 is 9.80 Å². The molecule has 0 saturated carbocycles. The molecule has 0 amide bonds. The van der Waals surface area contributed by atoms with Gasteiger partial charge in [-0.2, -0.15) is 0 Å². The largest absolute Gasteiger partial charge is 0.356 e. The average molecular weight is 407 g/mol. The van der Waals surface area contributed by atoms with Gasteiger partial charge in [-0.05, 0) is 19.3 Å². The van der Waals surface area contributed by atoms with Crippen molar-refractivity contribution in [1.29, 1.82) is 0 Å². The first-order chi connectivity index (χ1) is 14.3. The van der Waals surface area contributed by atoms with Crippen molar-refractivity contribution in [2.75, 3.05) is 13.1 Å². The number of rotatable bonds is 21. The third-order valence-electron chi connectivity index (χ3n) is 6.55. The van der Waals surface area contributed by atoms with Gasteiger partial charge in [0.25, 0.3) is 0 Å². The topological polar surface area (TPSA) is 6.48 Å². The van der Waals surface area contributed by atoms with Crippen LogP contribution in [0, 0.1) is 0 Å². The molecule has 0 aromatic rings. The Balaban J connectivity index is 2.08. The van der Waals surface area contributed by atoms with Crippen LogP contribution in [0.3, 0.4) is 0 Å². The first-order valence-electron chi connectivity index (χ1n) is 13.5. The van der Waals surface area contributed by atoms with Gasteiger partial charge in [-0.1, -0.05) is 124 Å². The van der Waals surface area contributed by atoms with Crippen LogP contribution < -0.4 is 0 Å². The fourth-order valence-electron chi connectivity index (χ4n) is 4.63. The summed E-state index contributed by atoms with van der Waals surface area (Å²) in [5.74, 6) is 0. The fourth-order valence-corrected chi connectivity index (χ4v) is 4.63. The van der Waals surface area contributed by atoms with Crippen molar-refractivity contribution < 1.29 is 0 Å². The molecule has 1 atom stereocenters. The molecule has 0 radical (unpaired) electrons. The Labute approximate surface area is 184 Å². The lowest BCUT2D eigenvalue weighted by Crippen LogP contribution is -2.39. The van der Waals surface area contributed by atoms with Gasteiger partial charge >= 0.3 is 0 Å². The van der Waals surface area contributed by atoms with Crippen LogP contribution in [-0.4, -0.2) is 29.1 Å². The first kappa shape index (κ1) is 26.4. The summed E-state index contributed by atoms with van der Waals surface area (Å²) >= 11 is 0. The molecular weight excluding hydrogens is 352 g/mol. The van der Waals surface area contributed by atoms with E-state index in [2.05, 4.69) is 43.0 Å². The zero-order chi connectivity index (χ0) is 21.0. The SMILES string of the molecule is CCCCCCCCCCCN1C=CN(CCCCCCCCCC)C1CCC. The van der Waals surface area contributed by atoms with Crippen molar-refractivity contribution in [3.05, 3.63) is 12.4 Å². The van der Waals surface area contributed by atoms with Crippen LogP contribution in [0.1, 0.15) is 143 Å². The summed E-state index contributed by atoms with van der Waals surface area (Å²) < 4.78 is 0. The molecule has 2 heteroatoms. The molecule has 0 N–H and O–H groups in total. The molecule has 0 aliphatic carbocycles. The van der Waals surface area contributed by atoms with Crippen LogP contribution in [0.15, 0.2) is 12.4 Å². The zero-order valence-corrected chi connectivity index (χ0v) is 20.5. The van der Waals surface area contributed by atoms with E-state index < -0.39 is 0 Å². The van der Waals surface area contributed by atoms with E-state index in [1.54, 1.807) is 0 Å². The van der Waals surface area contributed by atoms with Crippen LogP contribution in [0.2, 0.25) is 0 Å². The minimum atomic E-state index is 0.638. The smallest absolute Gasteiger partial charge is 0.101 e. The highest BCUT2D eigenvalue weighted by Crippen LogP contribution is 2.22. The molecule has 29 heavy (non-hydrogen) atoms. The zero-order valence-electron chi connectivity index (χ0n) is 20.5. The summed E-state index contributed by atoms with van der Waals surface area (Å²) in [6.45, 7) is 9.45. The second-order valence-corrected chi connectivity index (χ2v) is 9.35. The Kier molecular flexibility index (Phi) is 17.6. The quantitative estimate of drug-likeness (QED) is 0.176. The Morgan fingerprint density at radius 2 is 0.793 bits per heavy atom. The summed E-state index contributed by atoms with van der Waals surface area (Å²) in [7, 11) is 0. The van der Waals surface area contributed by atoms with Crippen LogP contribution in [0.25, 0.3) is 0 Å². The van der Waals surface area contributed by atoms with E-state index in [1.165, 1.54) is 135 Å². The lowest BCUT2D eigenvalue weighted by molar-refractivity contribution is 0.138. The van der Waals surface area contributed by atoms with Gasteiger partial charge in [-0.15, -0.1) is 0 Å². The molecule has 0 aromatic carbocycles. The van der Waals surface area contributed by atoms with E-state index in [4.69, 9.17) is 0 Å². The van der Waals surface area contributed by atoms with E-state index >= 15 is 0 Å². The maximum absolute atomic E-state index is 2.63. The van der Waals surface area contributed by atoms with E-state index in [1.807, 2.05) is 0 Å². The molecule has 1 rings (SSSR count). The van der Waals surface area contributed by atoms with Crippen molar-refractivity contribution in [1.82, 2.24) is 9.80 Å². The monoisotopic (exact) mass is 406 g/mol. The third-order valence-corrected chi connectivity index (χ3v) is 6.55. The summed E-state index contributed by atoms with van der Waals surface area (Å²) in [4.78, 5) is 5.27. The van der Waals surface area contributed by atoms with Crippen molar-refractivity contribution in [2.45, 2.75) is 149 Å². The van der Waals surface area contributed by atoms with Gasteiger partial charge in [0.2, 0.25) is 0 Å². The van der Waals surface area contributed by atoms with Crippen molar-refractivity contribution in [2.24, 2.45) is 0 Å². The molecule has 1 heterocycles. The van der Waals surface area contributed by atoms with Crippen LogP contribution in [0.5, 0.6) is 0 Å². The number of hydrogen-bond acceptors (Lipinski definition) is 2. The van der Waals surface area contributed by atoms with E-state index in [0.717, 1.165) is 0 Å². The standard InChI is InChI=1S/C27H54N2/c1-4-7-9-11-13-15-17-19-21-24-29-26-25-28(27(29)22-6-3)23-20-18-16-14-12-10-8-5-2/h25-27H,4-24H2,1-3H3. The number of hydrogen-bond donors (Lipinski definition) is 0. The van der Waals surface area contributed by atoms with Crippen LogP contribution in [0.4, 0.5) is 0 Å². The highest BCUT2D eigenvalue weighted by atomic mass is 15.4. The second-order valence-electron chi connectivity index (χ2n) is 9.35. The van der Waals surface area contributed by atoms with Gasteiger partial charge in [-0.25, -0.2) is 0 Å². The molecule has 1 aliphatic heterocycles. The van der Waals surface area contributed by atoms with Gasteiger partial charge in [-0.3, -0.25) is 0 Å². The fraction of sp³-hybridized carbons (Fsp3) is 0.926. The lowest BCUT2D eigenvalue weighted by Gasteiger charge is -2.33. The molecule has 0 aromatic heterocycles. The predicted octanol–water partition coefficient (Wildman–Crippen LogP) is 8.87. The van der Waals surface area contributed by atoms with Gasteiger partial charge in [0.15, 0.2) is 0 Å². The summed E-state index contributed by atoms with van der Waals surface area (Å²) in [5, 5.41) is 0. The highest BCUT2D eigenvalue weighted by molar-refractivity contribution is 4.96. The highest BCUT2D eigenvalue weighted by Gasteiger charge is 2.24. The van der Waals surface area contributed by atoms with Crippen molar-refractivity contribution in [3.63, 3.8) is 0 Å². The Hall–Kier alpha value is -0.660. The molecule has 0 saturated heterocycles. The maximum atomic E-state index is 2.63. The molecule has 172 valence electrons. The predicted molar refractivity (Wildman–Crippen MR) is 131 cm³/mol. The lowest BCUT2D eigenvalue weighted by atomic mass is 10.1. The first-order valence-corrected chi connectivity index (χ1v) is 13.5.